The first-order valence-corrected chi connectivity index (χ1v) is 10.8. The van der Waals surface area contributed by atoms with Crippen molar-refractivity contribution in [3.8, 4) is 0 Å². The quantitative estimate of drug-likeness (QED) is 0.454. The fourth-order valence-corrected chi connectivity index (χ4v) is 3.74. The molecule has 3 rings (SSSR count). The first kappa shape index (κ1) is 21.8. The first-order chi connectivity index (χ1) is 14.5. The summed E-state index contributed by atoms with van der Waals surface area (Å²) in [7, 11) is 0. The minimum Gasteiger partial charge on any atom is -0.352 e. The molecule has 0 radical (unpaired) electrons. The van der Waals surface area contributed by atoms with Gasteiger partial charge in [0.05, 0.1) is 0 Å². The Bertz CT molecular complexity index is 937. The molecule has 154 valence electrons. The Morgan fingerprint density at radius 1 is 0.867 bits per heavy atom. The second-order valence-corrected chi connectivity index (χ2v) is 8.24. The summed E-state index contributed by atoms with van der Waals surface area (Å²) in [4.78, 5) is 27.2. The van der Waals surface area contributed by atoms with Gasteiger partial charge in [-0.25, -0.2) is 0 Å². The van der Waals surface area contributed by atoms with Gasteiger partial charge in [0.25, 0.3) is 0 Å². The molecule has 0 aliphatic rings. The highest BCUT2D eigenvalue weighted by Crippen LogP contribution is 2.27. The van der Waals surface area contributed by atoms with Gasteiger partial charge in [0, 0.05) is 35.2 Å². The van der Waals surface area contributed by atoms with Crippen LogP contribution >= 0.6 is 15.9 Å². The molecular weight excluding hydrogens is 440 g/mol. The van der Waals surface area contributed by atoms with Crippen LogP contribution in [0.2, 0.25) is 0 Å². The van der Waals surface area contributed by atoms with Gasteiger partial charge in [-0.15, -0.1) is 0 Å². The number of benzene rings is 3. The van der Waals surface area contributed by atoms with Crippen LogP contribution in [0.15, 0.2) is 89.4 Å². The van der Waals surface area contributed by atoms with Gasteiger partial charge in [0.15, 0.2) is 0 Å². The molecule has 4 nitrogen and oxygen atoms in total. The van der Waals surface area contributed by atoms with Gasteiger partial charge in [0.1, 0.15) is 0 Å². The Morgan fingerprint density at radius 3 is 2.03 bits per heavy atom. The van der Waals surface area contributed by atoms with Crippen molar-refractivity contribution in [1.82, 2.24) is 5.32 Å². The Hall–Kier alpha value is -2.92. The third kappa shape index (κ3) is 6.29. The van der Waals surface area contributed by atoms with Crippen molar-refractivity contribution < 1.29 is 9.59 Å². The topological polar surface area (TPSA) is 49.4 Å². The SMILES string of the molecule is C[C@@H](CC(=O)NCc1cccc(Br)c1)CC(=O)N(c1ccccc1)c1ccccc1. The van der Waals surface area contributed by atoms with Crippen LogP contribution in [0, 0.1) is 5.92 Å². The van der Waals surface area contributed by atoms with Gasteiger partial charge in [-0.05, 0) is 47.9 Å². The number of amides is 2. The first-order valence-electron chi connectivity index (χ1n) is 9.97. The number of halogens is 1. The van der Waals surface area contributed by atoms with E-state index in [0.29, 0.717) is 13.0 Å². The average molecular weight is 465 g/mol. The third-order valence-electron chi connectivity index (χ3n) is 4.71. The largest absolute Gasteiger partial charge is 0.352 e. The maximum Gasteiger partial charge on any atom is 0.231 e. The summed E-state index contributed by atoms with van der Waals surface area (Å²) in [5.41, 5.74) is 2.67. The van der Waals surface area contributed by atoms with Crippen LogP contribution < -0.4 is 10.2 Å². The van der Waals surface area contributed by atoms with Crippen molar-refractivity contribution in [1.29, 1.82) is 0 Å². The van der Waals surface area contributed by atoms with Crippen molar-refractivity contribution in [3.05, 3.63) is 95.0 Å². The van der Waals surface area contributed by atoms with Crippen LogP contribution in [0.4, 0.5) is 11.4 Å². The van der Waals surface area contributed by atoms with Crippen molar-refractivity contribution in [2.24, 2.45) is 5.92 Å². The molecule has 0 saturated carbocycles. The highest BCUT2D eigenvalue weighted by molar-refractivity contribution is 9.10. The number of para-hydroxylation sites is 2. The maximum absolute atomic E-state index is 13.1. The summed E-state index contributed by atoms with van der Waals surface area (Å²) in [5, 5.41) is 2.94. The standard InChI is InChI=1S/C25H25BrN2O2/c1-19(15-24(29)27-18-20-9-8-10-21(26)17-20)16-25(30)28(22-11-4-2-5-12-22)23-13-6-3-7-14-23/h2-14,17,19H,15-16,18H2,1H3,(H,27,29)/t19-/m0/s1. The smallest absolute Gasteiger partial charge is 0.231 e. The molecule has 0 bridgehead atoms. The fourth-order valence-electron chi connectivity index (χ4n) is 3.29. The molecule has 3 aromatic rings. The highest BCUT2D eigenvalue weighted by atomic mass is 79.9. The van der Waals surface area contributed by atoms with Gasteiger partial charge >= 0.3 is 0 Å². The van der Waals surface area contributed by atoms with E-state index < -0.39 is 0 Å². The van der Waals surface area contributed by atoms with E-state index in [1.165, 1.54) is 0 Å². The molecule has 0 aliphatic carbocycles. The molecule has 3 aromatic carbocycles. The zero-order valence-corrected chi connectivity index (χ0v) is 18.5. The van der Waals surface area contributed by atoms with Gasteiger partial charge < -0.3 is 5.32 Å². The van der Waals surface area contributed by atoms with Crippen molar-refractivity contribution in [2.75, 3.05) is 4.90 Å². The van der Waals surface area contributed by atoms with Gasteiger partial charge in [0.2, 0.25) is 11.8 Å². The predicted octanol–water partition coefficient (Wildman–Crippen LogP) is 5.85. The summed E-state index contributed by atoms with van der Waals surface area (Å²) in [6.07, 6.45) is 0.589. The second kappa shape index (κ2) is 10.7. The second-order valence-electron chi connectivity index (χ2n) is 7.32. The summed E-state index contributed by atoms with van der Waals surface area (Å²) >= 11 is 3.43. The van der Waals surface area contributed by atoms with Crippen LogP contribution in [0.5, 0.6) is 0 Å². The summed E-state index contributed by atoms with van der Waals surface area (Å²) < 4.78 is 0.982. The van der Waals surface area contributed by atoms with Gasteiger partial charge in [-0.3, -0.25) is 14.5 Å². The molecule has 1 atom stereocenters. The van der Waals surface area contributed by atoms with Crippen molar-refractivity contribution in [3.63, 3.8) is 0 Å². The molecule has 1 N–H and O–H groups in total. The highest BCUT2D eigenvalue weighted by Gasteiger charge is 2.21. The van der Waals surface area contributed by atoms with E-state index in [9.17, 15) is 9.59 Å². The lowest BCUT2D eigenvalue weighted by atomic mass is 10.0. The molecule has 0 aliphatic heterocycles. The van der Waals surface area contributed by atoms with Crippen LogP contribution in [0.1, 0.15) is 25.3 Å². The predicted molar refractivity (Wildman–Crippen MR) is 124 cm³/mol. The molecule has 0 aromatic heterocycles. The number of nitrogens with one attached hydrogen (secondary N) is 1. The van der Waals surface area contributed by atoms with Crippen LogP contribution in [-0.2, 0) is 16.1 Å². The lowest BCUT2D eigenvalue weighted by Crippen LogP contribution is -2.29. The lowest BCUT2D eigenvalue weighted by molar-refractivity contribution is -0.122. The monoisotopic (exact) mass is 464 g/mol. The van der Waals surface area contributed by atoms with E-state index >= 15 is 0 Å². The minimum atomic E-state index is -0.0741. The number of carbonyl (C=O) groups is 2. The molecule has 0 spiro atoms. The van der Waals surface area contributed by atoms with Crippen LogP contribution in [0.25, 0.3) is 0 Å². The third-order valence-corrected chi connectivity index (χ3v) is 5.21. The van der Waals surface area contributed by atoms with Gasteiger partial charge in [-0.1, -0.05) is 71.4 Å². The number of hydrogen-bond acceptors (Lipinski definition) is 2. The zero-order valence-electron chi connectivity index (χ0n) is 16.9. The Kier molecular flexibility index (Phi) is 7.80. The maximum atomic E-state index is 13.1. The van der Waals surface area contributed by atoms with E-state index in [4.69, 9.17) is 0 Å². The molecule has 0 heterocycles. The van der Waals surface area contributed by atoms with Crippen LogP contribution in [-0.4, -0.2) is 11.8 Å². The molecule has 2 amide bonds. The zero-order chi connectivity index (χ0) is 21.3. The van der Waals surface area contributed by atoms with E-state index in [0.717, 1.165) is 21.4 Å². The molecule has 0 fully saturated rings. The number of hydrogen-bond donors (Lipinski definition) is 1. The molecule has 30 heavy (non-hydrogen) atoms. The number of carbonyl (C=O) groups excluding carboxylic acids is 2. The number of rotatable bonds is 8. The number of anilines is 2. The molecule has 0 saturated heterocycles. The summed E-state index contributed by atoms with van der Waals surface area (Å²) in [6.45, 7) is 2.41. The Morgan fingerprint density at radius 2 is 1.47 bits per heavy atom. The molecule has 0 unspecified atom stereocenters. The summed E-state index contributed by atoms with van der Waals surface area (Å²) in [5.74, 6) is -0.157. The Balaban J connectivity index is 1.60. The Labute approximate surface area is 186 Å². The average Bonchev–Trinajstić information content (AvgIpc) is 2.74. The van der Waals surface area contributed by atoms with Crippen LogP contribution in [0.3, 0.4) is 0 Å². The van der Waals surface area contributed by atoms with Crippen molar-refractivity contribution in [2.45, 2.75) is 26.3 Å². The van der Waals surface area contributed by atoms with E-state index in [1.807, 2.05) is 91.9 Å². The normalized spacial score (nSPS) is 11.5. The van der Waals surface area contributed by atoms with E-state index in [2.05, 4.69) is 21.2 Å². The van der Waals surface area contributed by atoms with E-state index in [-0.39, 0.29) is 24.2 Å². The number of nitrogens with zero attached hydrogens (tertiary/aromatic N) is 1. The van der Waals surface area contributed by atoms with Gasteiger partial charge in [-0.2, -0.15) is 0 Å². The molecular formula is C25H25BrN2O2. The lowest BCUT2D eigenvalue weighted by Gasteiger charge is -2.24. The molecule has 5 heteroatoms. The minimum absolute atomic E-state index is 0.0281. The summed E-state index contributed by atoms with van der Waals surface area (Å²) in [6, 6.07) is 27.0. The van der Waals surface area contributed by atoms with Crippen molar-refractivity contribution >= 4 is 39.1 Å². The fraction of sp³-hybridized carbons (Fsp3) is 0.200. The van der Waals surface area contributed by atoms with E-state index in [1.54, 1.807) is 4.90 Å².